The molecule has 0 saturated carbocycles. The van der Waals surface area contributed by atoms with Crippen LogP contribution in [-0.2, 0) is 0 Å². The van der Waals surface area contributed by atoms with Crippen LogP contribution in [0.15, 0.2) is 41.8 Å². The van der Waals surface area contributed by atoms with Gasteiger partial charge >= 0.3 is 6.18 Å². The van der Waals surface area contributed by atoms with Gasteiger partial charge in [-0.3, -0.25) is 4.79 Å². The molecule has 1 fully saturated rings. The standard InChI is InChI=1S/C18H18F3N3O2S2/c1-24(2)11-7-5-10(6-8-11)14-13(15(25)12-4-3-9-28-12)17(26,18(19,20)21)23-16(27)22-14/h3-9,13-14,26H,1-2H3,(H2,22,23,27)/t13-,14-,17+/m1/s1. The molecule has 1 saturated heterocycles. The van der Waals surface area contributed by atoms with Crippen molar-refractivity contribution in [1.82, 2.24) is 10.6 Å². The first-order valence-electron chi connectivity index (χ1n) is 8.27. The number of benzene rings is 1. The van der Waals surface area contributed by atoms with Gasteiger partial charge in [0.1, 0.15) is 5.92 Å². The number of thiocarbonyl (C=S) groups is 1. The summed E-state index contributed by atoms with van der Waals surface area (Å²) in [6.07, 6.45) is -5.13. The van der Waals surface area contributed by atoms with E-state index < -0.39 is 29.6 Å². The minimum absolute atomic E-state index is 0.124. The lowest BCUT2D eigenvalue weighted by Crippen LogP contribution is -2.72. The third-order valence-corrected chi connectivity index (χ3v) is 5.73. The molecule has 0 bridgehead atoms. The van der Waals surface area contributed by atoms with Crippen LogP contribution in [0.3, 0.4) is 0 Å². The van der Waals surface area contributed by atoms with Gasteiger partial charge in [0.05, 0.1) is 10.9 Å². The molecule has 1 aliphatic rings. The fraction of sp³-hybridized carbons (Fsp3) is 0.333. The number of carbonyl (C=O) groups excluding carboxylic acids is 1. The number of thiophene rings is 1. The molecule has 0 unspecified atom stereocenters. The van der Waals surface area contributed by atoms with Crippen molar-refractivity contribution in [2.75, 3.05) is 19.0 Å². The second-order valence-electron chi connectivity index (χ2n) is 6.65. The average molecular weight is 429 g/mol. The Hall–Kier alpha value is -2.17. The Balaban J connectivity index is 2.11. The van der Waals surface area contributed by atoms with Gasteiger partial charge in [-0.1, -0.05) is 18.2 Å². The van der Waals surface area contributed by atoms with Crippen molar-refractivity contribution in [3.8, 4) is 0 Å². The van der Waals surface area contributed by atoms with Crippen LogP contribution < -0.4 is 15.5 Å². The molecule has 1 aromatic heterocycles. The average Bonchev–Trinajstić information content (AvgIpc) is 3.14. The number of hydrogen-bond donors (Lipinski definition) is 3. The second-order valence-corrected chi connectivity index (χ2v) is 8.00. The summed E-state index contributed by atoms with van der Waals surface area (Å²) in [6.45, 7) is 0. The fourth-order valence-corrected chi connectivity index (χ4v) is 4.16. The van der Waals surface area contributed by atoms with E-state index in [2.05, 4.69) is 5.32 Å². The molecule has 5 nitrogen and oxygen atoms in total. The highest BCUT2D eigenvalue weighted by Crippen LogP contribution is 2.44. The zero-order chi connectivity index (χ0) is 20.7. The lowest BCUT2D eigenvalue weighted by atomic mass is 9.78. The number of ketones is 1. The highest BCUT2D eigenvalue weighted by atomic mass is 32.1. The molecular formula is C18H18F3N3O2S2. The Labute approximate surface area is 169 Å². The SMILES string of the molecule is CN(C)c1ccc([C@H]2NC(=S)N[C@@](O)(C(F)(F)F)[C@H]2C(=O)c2cccs2)cc1. The molecular weight excluding hydrogens is 411 g/mol. The number of hydrogen-bond acceptors (Lipinski definition) is 5. The van der Waals surface area contributed by atoms with Crippen LogP contribution in [0.2, 0.25) is 0 Å². The fourth-order valence-electron chi connectivity index (χ4n) is 3.17. The first-order chi connectivity index (χ1) is 13.0. The van der Waals surface area contributed by atoms with Crippen LogP contribution >= 0.6 is 23.6 Å². The lowest BCUT2D eigenvalue weighted by Gasteiger charge is -2.46. The van der Waals surface area contributed by atoms with Gasteiger partial charge in [-0.25, -0.2) is 0 Å². The highest BCUT2D eigenvalue weighted by molar-refractivity contribution is 7.80. The van der Waals surface area contributed by atoms with Gasteiger partial charge in [0.25, 0.3) is 0 Å². The largest absolute Gasteiger partial charge is 0.437 e. The summed E-state index contributed by atoms with van der Waals surface area (Å²) < 4.78 is 41.6. The Bertz CT molecular complexity index is 869. The molecule has 3 rings (SSSR count). The van der Waals surface area contributed by atoms with E-state index in [9.17, 15) is 23.1 Å². The quantitative estimate of drug-likeness (QED) is 0.513. The zero-order valence-corrected chi connectivity index (χ0v) is 16.6. The second kappa shape index (κ2) is 7.34. The van der Waals surface area contributed by atoms with E-state index in [1.807, 2.05) is 24.3 Å². The van der Waals surface area contributed by atoms with E-state index in [0.717, 1.165) is 17.0 Å². The maximum absolute atomic E-state index is 13.9. The number of Topliss-reactive ketones (excluding diaryl/α,β-unsaturated/α-hetero) is 1. The van der Waals surface area contributed by atoms with Crippen molar-refractivity contribution < 1.29 is 23.1 Å². The molecule has 10 heteroatoms. The van der Waals surface area contributed by atoms with Crippen molar-refractivity contribution >= 4 is 40.1 Å². The molecule has 3 N–H and O–H groups in total. The van der Waals surface area contributed by atoms with E-state index in [4.69, 9.17) is 12.2 Å². The predicted octanol–water partition coefficient (Wildman–Crippen LogP) is 3.08. The topological polar surface area (TPSA) is 64.6 Å². The number of alkyl halides is 3. The van der Waals surface area contributed by atoms with Crippen molar-refractivity contribution in [2.45, 2.75) is 17.9 Å². The number of aliphatic hydroxyl groups is 1. The molecule has 2 aromatic rings. The molecule has 3 atom stereocenters. The number of rotatable bonds is 4. The van der Waals surface area contributed by atoms with Gasteiger partial charge < -0.3 is 20.6 Å². The van der Waals surface area contributed by atoms with Crippen molar-refractivity contribution in [1.29, 1.82) is 0 Å². The van der Waals surface area contributed by atoms with Crippen molar-refractivity contribution in [3.05, 3.63) is 52.2 Å². The predicted molar refractivity (Wildman–Crippen MR) is 106 cm³/mol. The molecule has 0 aliphatic carbocycles. The number of nitrogens with zero attached hydrogens (tertiary/aromatic N) is 1. The zero-order valence-electron chi connectivity index (χ0n) is 14.9. The first kappa shape index (κ1) is 20.6. The van der Waals surface area contributed by atoms with E-state index >= 15 is 0 Å². The van der Waals surface area contributed by atoms with Gasteiger partial charge in [-0.05, 0) is 41.4 Å². The normalized spacial score (nSPS) is 25.0. The third-order valence-electron chi connectivity index (χ3n) is 4.62. The Morgan fingerprint density at radius 2 is 1.89 bits per heavy atom. The molecule has 1 aromatic carbocycles. The Morgan fingerprint density at radius 3 is 2.39 bits per heavy atom. The molecule has 28 heavy (non-hydrogen) atoms. The van der Waals surface area contributed by atoms with Crippen LogP contribution in [0.5, 0.6) is 0 Å². The first-order valence-corrected chi connectivity index (χ1v) is 9.56. The Morgan fingerprint density at radius 1 is 1.25 bits per heavy atom. The van der Waals surface area contributed by atoms with Gasteiger partial charge in [0.15, 0.2) is 10.9 Å². The lowest BCUT2D eigenvalue weighted by molar-refractivity contribution is -0.285. The highest BCUT2D eigenvalue weighted by Gasteiger charge is 2.65. The summed E-state index contributed by atoms with van der Waals surface area (Å²) in [5, 5.41) is 16.4. The minimum atomic E-state index is -5.13. The van der Waals surface area contributed by atoms with Crippen LogP contribution in [-0.4, -0.2) is 42.0 Å². The third kappa shape index (κ3) is 3.59. The summed E-state index contributed by atoms with van der Waals surface area (Å²) in [6, 6.07) is 8.52. The van der Waals surface area contributed by atoms with Gasteiger partial charge in [0.2, 0.25) is 5.72 Å². The maximum atomic E-state index is 13.9. The maximum Gasteiger partial charge on any atom is 0.437 e. The van der Waals surface area contributed by atoms with Crippen LogP contribution in [0.1, 0.15) is 21.3 Å². The van der Waals surface area contributed by atoms with E-state index in [0.29, 0.717) is 5.56 Å². The summed E-state index contributed by atoms with van der Waals surface area (Å²) in [5.41, 5.74) is -2.25. The minimum Gasteiger partial charge on any atom is -0.378 e. The van der Waals surface area contributed by atoms with Crippen LogP contribution in [0.4, 0.5) is 18.9 Å². The molecule has 0 radical (unpaired) electrons. The molecule has 150 valence electrons. The summed E-state index contributed by atoms with van der Waals surface area (Å²) in [4.78, 5) is 15.0. The summed E-state index contributed by atoms with van der Waals surface area (Å²) in [7, 11) is 3.66. The molecule has 2 heterocycles. The van der Waals surface area contributed by atoms with E-state index in [1.165, 1.54) is 6.07 Å². The van der Waals surface area contributed by atoms with Crippen LogP contribution in [0.25, 0.3) is 0 Å². The van der Waals surface area contributed by atoms with Gasteiger partial charge in [0, 0.05) is 19.8 Å². The number of nitrogens with one attached hydrogen (secondary N) is 2. The number of halogens is 3. The smallest absolute Gasteiger partial charge is 0.378 e. The van der Waals surface area contributed by atoms with Gasteiger partial charge in [-0.15, -0.1) is 11.3 Å². The summed E-state index contributed by atoms with van der Waals surface area (Å²) >= 11 is 5.93. The van der Waals surface area contributed by atoms with Crippen LogP contribution in [0, 0.1) is 5.92 Å². The molecule has 1 aliphatic heterocycles. The number of carbonyl (C=O) groups is 1. The van der Waals surface area contributed by atoms with E-state index in [-0.39, 0.29) is 9.99 Å². The molecule has 0 spiro atoms. The summed E-state index contributed by atoms with van der Waals surface area (Å²) in [5.74, 6) is -2.69. The number of anilines is 1. The van der Waals surface area contributed by atoms with Crippen molar-refractivity contribution in [2.24, 2.45) is 5.92 Å². The van der Waals surface area contributed by atoms with Crippen molar-refractivity contribution in [3.63, 3.8) is 0 Å². The Kier molecular flexibility index (Phi) is 5.39. The monoisotopic (exact) mass is 429 g/mol. The van der Waals surface area contributed by atoms with E-state index in [1.54, 1.807) is 35.7 Å². The van der Waals surface area contributed by atoms with Gasteiger partial charge in [-0.2, -0.15) is 13.2 Å². The molecule has 0 amide bonds.